The molecule has 4 aliphatic rings. The number of hydrogen-bond donors (Lipinski definition) is 3. The van der Waals surface area contributed by atoms with Gasteiger partial charge in [0.15, 0.2) is 0 Å². The molecule has 6 unspecified atom stereocenters. The van der Waals surface area contributed by atoms with E-state index in [0.717, 1.165) is 58.5 Å². The Kier molecular flexibility index (Phi) is 5.48. The summed E-state index contributed by atoms with van der Waals surface area (Å²) in [6.45, 7) is 5.73. The van der Waals surface area contributed by atoms with E-state index in [2.05, 4.69) is 68.8 Å². The van der Waals surface area contributed by atoms with Gasteiger partial charge in [0.05, 0.1) is 35.9 Å². The van der Waals surface area contributed by atoms with Gasteiger partial charge in [0, 0.05) is 12.1 Å². The van der Waals surface area contributed by atoms with Crippen molar-refractivity contribution in [2.45, 2.75) is 76.2 Å². The fourth-order valence-corrected chi connectivity index (χ4v) is 6.81. The van der Waals surface area contributed by atoms with Crippen molar-refractivity contribution in [3.05, 3.63) is 72.6 Å². The summed E-state index contributed by atoms with van der Waals surface area (Å²) in [6, 6.07) is 18.5. The highest BCUT2D eigenvalue weighted by Crippen LogP contribution is 2.53. The van der Waals surface area contributed by atoms with E-state index in [0.29, 0.717) is 18.0 Å². The Morgan fingerprint density at radius 1 is 0.780 bits per heavy atom. The standard InChI is InChI=1S/C33H36N6O2/c1-33(2,3)41-32(40)39-28-14-23(28)15-29(39)31-35-17-27(38-31)21-10-6-19(7-11-21)18-4-8-20(9-5-18)26-16-34-30(37-26)25-13-22-12-24(22)36-25/h4-11,16-17,22-25,28-29,36H,12-15H2,1-3H3,(H,34,37)(H,35,38). The van der Waals surface area contributed by atoms with Gasteiger partial charge >= 0.3 is 6.09 Å². The minimum Gasteiger partial charge on any atom is -0.444 e. The summed E-state index contributed by atoms with van der Waals surface area (Å²) in [5, 5.41) is 3.67. The molecule has 2 aromatic carbocycles. The number of aromatic nitrogens is 4. The van der Waals surface area contributed by atoms with Crippen LogP contribution in [0.5, 0.6) is 0 Å². The van der Waals surface area contributed by atoms with E-state index in [-0.39, 0.29) is 18.2 Å². The van der Waals surface area contributed by atoms with Crippen LogP contribution in [0.25, 0.3) is 33.6 Å². The maximum atomic E-state index is 13.0. The van der Waals surface area contributed by atoms with Crippen LogP contribution in [0, 0.1) is 11.8 Å². The number of ether oxygens (including phenoxy) is 1. The Balaban J connectivity index is 0.952. The number of amides is 1. The SMILES string of the molecule is CC(C)(C)OC(=O)N1C(c2ncc(-c3ccc(-c4ccc(-c5cnc(C6CC7CC7N6)[nH]5)cc4)cc3)[nH]2)CC2CC21. The van der Waals surface area contributed by atoms with Gasteiger partial charge in [-0.1, -0.05) is 48.5 Å². The Morgan fingerprint density at radius 2 is 1.37 bits per heavy atom. The number of likely N-dealkylation sites (tertiary alicyclic amines) is 1. The van der Waals surface area contributed by atoms with Gasteiger partial charge in [-0.15, -0.1) is 0 Å². The first-order valence-electron chi connectivity index (χ1n) is 14.9. The highest BCUT2D eigenvalue weighted by Gasteiger charge is 2.56. The molecule has 8 nitrogen and oxygen atoms in total. The van der Waals surface area contributed by atoms with E-state index in [1.54, 1.807) is 0 Å². The lowest BCUT2D eigenvalue weighted by atomic mass is 10.0. The molecule has 41 heavy (non-hydrogen) atoms. The van der Waals surface area contributed by atoms with E-state index < -0.39 is 5.60 Å². The van der Waals surface area contributed by atoms with Gasteiger partial charge in [-0.3, -0.25) is 4.90 Å². The number of nitrogens with zero attached hydrogens (tertiary/aromatic N) is 3. The number of nitrogens with one attached hydrogen (secondary N) is 3. The quantitative estimate of drug-likeness (QED) is 0.260. The van der Waals surface area contributed by atoms with E-state index in [1.165, 1.54) is 18.4 Å². The third kappa shape index (κ3) is 4.64. The highest BCUT2D eigenvalue weighted by molar-refractivity contribution is 5.72. The number of carbonyl (C=O) groups excluding carboxylic acids is 1. The van der Waals surface area contributed by atoms with Gasteiger partial charge in [0.2, 0.25) is 0 Å². The predicted octanol–water partition coefficient (Wildman–Crippen LogP) is 6.63. The first kappa shape index (κ1) is 24.9. The molecule has 2 aromatic heterocycles. The normalized spacial score (nSPS) is 27.9. The Morgan fingerprint density at radius 3 is 1.95 bits per heavy atom. The fourth-order valence-electron chi connectivity index (χ4n) is 6.81. The van der Waals surface area contributed by atoms with Crippen LogP contribution < -0.4 is 5.32 Å². The molecule has 2 saturated carbocycles. The Bertz CT molecular complexity index is 1590. The van der Waals surface area contributed by atoms with Crippen LogP contribution in [0.1, 0.15) is 70.2 Å². The molecule has 4 heterocycles. The molecule has 4 fully saturated rings. The summed E-state index contributed by atoms with van der Waals surface area (Å²) >= 11 is 0. The fraction of sp³-hybridized carbons (Fsp3) is 0.424. The summed E-state index contributed by atoms with van der Waals surface area (Å²) in [5.41, 5.74) is 6.04. The molecule has 2 aliphatic heterocycles. The van der Waals surface area contributed by atoms with Crippen molar-refractivity contribution in [1.82, 2.24) is 30.2 Å². The Hall–Kier alpha value is -3.91. The maximum Gasteiger partial charge on any atom is 0.411 e. The lowest BCUT2D eigenvalue weighted by Crippen LogP contribution is -2.38. The van der Waals surface area contributed by atoms with Crippen molar-refractivity contribution in [1.29, 1.82) is 0 Å². The molecule has 3 N–H and O–H groups in total. The van der Waals surface area contributed by atoms with Crippen LogP contribution in [0.4, 0.5) is 4.79 Å². The summed E-state index contributed by atoms with van der Waals surface area (Å²) in [7, 11) is 0. The van der Waals surface area contributed by atoms with Crippen LogP contribution in [0.3, 0.4) is 0 Å². The minimum atomic E-state index is -0.513. The molecular weight excluding hydrogens is 512 g/mol. The number of imidazole rings is 2. The maximum absolute atomic E-state index is 13.0. The van der Waals surface area contributed by atoms with E-state index in [4.69, 9.17) is 9.72 Å². The van der Waals surface area contributed by atoms with Gasteiger partial charge in [-0.25, -0.2) is 14.8 Å². The van der Waals surface area contributed by atoms with E-state index in [1.807, 2.05) is 38.1 Å². The second-order valence-corrected chi connectivity index (χ2v) is 13.3. The first-order valence-corrected chi connectivity index (χ1v) is 14.9. The summed E-state index contributed by atoms with van der Waals surface area (Å²) in [4.78, 5) is 31.2. The second-order valence-electron chi connectivity index (χ2n) is 13.3. The number of hydrogen-bond acceptors (Lipinski definition) is 5. The molecule has 8 rings (SSSR count). The van der Waals surface area contributed by atoms with Crippen LogP contribution in [-0.2, 0) is 4.74 Å². The number of aromatic amines is 2. The zero-order chi connectivity index (χ0) is 27.9. The van der Waals surface area contributed by atoms with E-state index >= 15 is 0 Å². The van der Waals surface area contributed by atoms with Crippen LogP contribution in [-0.4, -0.2) is 48.6 Å². The zero-order valence-corrected chi connectivity index (χ0v) is 23.7. The van der Waals surface area contributed by atoms with Crippen molar-refractivity contribution in [2.75, 3.05) is 0 Å². The summed E-state index contributed by atoms with van der Waals surface area (Å²) in [6.07, 6.45) is 8.10. The molecule has 0 radical (unpaired) electrons. The number of H-pyrrole nitrogens is 2. The van der Waals surface area contributed by atoms with Gasteiger partial charge < -0.3 is 20.0 Å². The third-order valence-electron chi connectivity index (χ3n) is 9.15. The summed E-state index contributed by atoms with van der Waals surface area (Å²) < 4.78 is 5.71. The molecule has 6 atom stereocenters. The lowest BCUT2D eigenvalue weighted by molar-refractivity contribution is 0.0175. The van der Waals surface area contributed by atoms with Gasteiger partial charge in [-0.05, 0) is 80.5 Å². The number of fused-ring (bicyclic) bond motifs is 2. The molecule has 2 aliphatic carbocycles. The Labute approximate surface area is 239 Å². The van der Waals surface area contributed by atoms with E-state index in [9.17, 15) is 4.79 Å². The molecular formula is C33H36N6O2. The van der Waals surface area contributed by atoms with Crippen molar-refractivity contribution in [3.63, 3.8) is 0 Å². The van der Waals surface area contributed by atoms with Crippen molar-refractivity contribution in [3.8, 4) is 33.6 Å². The summed E-state index contributed by atoms with van der Waals surface area (Å²) in [5.74, 6) is 3.29. The minimum absolute atomic E-state index is 0.0638. The molecule has 8 heteroatoms. The van der Waals surface area contributed by atoms with Crippen molar-refractivity contribution in [2.24, 2.45) is 11.8 Å². The van der Waals surface area contributed by atoms with Crippen LogP contribution in [0.2, 0.25) is 0 Å². The predicted molar refractivity (Wildman–Crippen MR) is 157 cm³/mol. The van der Waals surface area contributed by atoms with Gasteiger partial charge in [0.25, 0.3) is 0 Å². The largest absolute Gasteiger partial charge is 0.444 e. The van der Waals surface area contributed by atoms with Crippen LogP contribution >= 0.6 is 0 Å². The number of piperidine rings is 2. The smallest absolute Gasteiger partial charge is 0.411 e. The number of rotatable bonds is 5. The lowest BCUT2D eigenvalue weighted by Gasteiger charge is -2.29. The topological polar surface area (TPSA) is 98.9 Å². The number of benzene rings is 2. The average molecular weight is 549 g/mol. The number of carbonyl (C=O) groups is 1. The van der Waals surface area contributed by atoms with Gasteiger partial charge in [-0.2, -0.15) is 0 Å². The molecule has 0 bridgehead atoms. The van der Waals surface area contributed by atoms with Gasteiger partial charge in [0.1, 0.15) is 17.2 Å². The second kappa shape index (κ2) is 9.05. The monoisotopic (exact) mass is 548 g/mol. The first-order chi connectivity index (χ1) is 19.8. The third-order valence-corrected chi connectivity index (χ3v) is 9.15. The average Bonchev–Trinajstić information content (AvgIpc) is 3.54. The molecule has 4 aromatic rings. The van der Waals surface area contributed by atoms with Crippen LogP contribution in [0.15, 0.2) is 60.9 Å². The highest BCUT2D eigenvalue weighted by atomic mass is 16.6. The molecule has 0 spiro atoms. The zero-order valence-electron chi connectivity index (χ0n) is 23.7. The molecule has 210 valence electrons. The van der Waals surface area contributed by atoms with Crippen molar-refractivity contribution < 1.29 is 9.53 Å². The van der Waals surface area contributed by atoms with Crippen molar-refractivity contribution >= 4 is 6.09 Å². The molecule has 2 saturated heterocycles. The molecule has 1 amide bonds.